The van der Waals surface area contributed by atoms with E-state index in [9.17, 15) is 18.7 Å². The van der Waals surface area contributed by atoms with Gasteiger partial charge in [0.05, 0.1) is 22.6 Å². The second-order valence-electron chi connectivity index (χ2n) is 10.2. The maximum absolute atomic E-state index is 14.5. The molecule has 2 fully saturated rings. The van der Waals surface area contributed by atoms with Crippen LogP contribution >= 0.6 is 0 Å². The van der Waals surface area contributed by atoms with Crippen LogP contribution in [0.3, 0.4) is 0 Å². The van der Waals surface area contributed by atoms with E-state index in [1.54, 1.807) is 6.07 Å². The number of H-pyrrole nitrogens is 1. The number of aryl methyl sites for hydroxylation is 1. The maximum Gasteiger partial charge on any atom is 0.306 e. The molecule has 8 heteroatoms. The number of nitrogens with zero attached hydrogens (tertiary/aromatic N) is 2. The molecule has 2 aromatic carbocycles. The van der Waals surface area contributed by atoms with Crippen LogP contribution in [-0.2, 0) is 9.53 Å². The van der Waals surface area contributed by atoms with Crippen molar-refractivity contribution in [2.24, 2.45) is 5.92 Å². The zero-order valence-electron chi connectivity index (χ0n) is 20.2. The number of carboxylic acids is 1. The number of carbonyl (C=O) groups is 1. The van der Waals surface area contributed by atoms with Crippen molar-refractivity contribution in [2.45, 2.75) is 57.3 Å². The Morgan fingerprint density at radius 1 is 1.00 bits per heavy atom. The number of ether oxygens (including phenoxy) is 1. The van der Waals surface area contributed by atoms with Crippen molar-refractivity contribution in [3.05, 3.63) is 58.9 Å². The van der Waals surface area contributed by atoms with Crippen LogP contribution in [0.5, 0.6) is 0 Å². The van der Waals surface area contributed by atoms with Crippen LogP contribution in [0.4, 0.5) is 8.78 Å². The van der Waals surface area contributed by atoms with Gasteiger partial charge in [-0.15, -0.1) is 0 Å². The topological polar surface area (TPSA) is 80.1 Å². The number of halogens is 2. The molecule has 2 aromatic heterocycles. The van der Waals surface area contributed by atoms with Gasteiger partial charge in [0, 0.05) is 47.4 Å². The number of rotatable bonds is 4. The molecule has 2 aliphatic rings. The first-order valence-corrected chi connectivity index (χ1v) is 12.7. The Bertz CT molecular complexity index is 1460. The van der Waals surface area contributed by atoms with Crippen LogP contribution in [0.15, 0.2) is 30.3 Å². The highest BCUT2D eigenvalue weighted by atomic mass is 19.2. The van der Waals surface area contributed by atoms with Gasteiger partial charge in [0.15, 0.2) is 11.6 Å². The lowest BCUT2D eigenvalue weighted by Gasteiger charge is -2.30. The summed E-state index contributed by atoms with van der Waals surface area (Å²) in [6.07, 6.45) is 4.52. The predicted octanol–water partition coefficient (Wildman–Crippen LogP) is 6.35. The van der Waals surface area contributed by atoms with E-state index in [2.05, 4.69) is 26.9 Å². The van der Waals surface area contributed by atoms with Crippen LogP contribution in [0, 0.1) is 24.5 Å². The summed E-state index contributed by atoms with van der Waals surface area (Å²) in [5.41, 5.74) is 5.67. The molecule has 0 amide bonds. The third-order valence-electron chi connectivity index (χ3n) is 8.17. The molecule has 1 aliphatic heterocycles. The van der Waals surface area contributed by atoms with Crippen LogP contribution in [0.1, 0.15) is 67.3 Å². The van der Waals surface area contributed by atoms with E-state index in [1.807, 2.05) is 6.92 Å². The Morgan fingerprint density at radius 2 is 1.75 bits per heavy atom. The Morgan fingerprint density at radius 3 is 2.44 bits per heavy atom. The summed E-state index contributed by atoms with van der Waals surface area (Å²) >= 11 is 0. The van der Waals surface area contributed by atoms with Crippen molar-refractivity contribution in [2.75, 3.05) is 13.2 Å². The summed E-state index contributed by atoms with van der Waals surface area (Å²) in [7, 11) is 0. The minimum atomic E-state index is -0.878. The average Bonchev–Trinajstić information content (AvgIpc) is 3.42. The zero-order valence-corrected chi connectivity index (χ0v) is 20.2. The monoisotopic (exact) mass is 493 g/mol. The van der Waals surface area contributed by atoms with Crippen molar-refractivity contribution in [3.8, 4) is 5.69 Å². The van der Waals surface area contributed by atoms with Crippen molar-refractivity contribution in [3.63, 3.8) is 0 Å². The number of hydrogen-bond donors (Lipinski definition) is 2. The predicted molar refractivity (Wildman–Crippen MR) is 133 cm³/mol. The summed E-state index contributed by atoms with van der Waals surface area (Å²) in [5, 5.41) is 19.1. The average molecular weight is 494 g/mol. The third-order valence-corrected chi connectivity index (χ3v) is 8.17. The van der Waals surface area contributed by atoms with Crippen molar-refractivity contribution < 1.29 is 23.4 Å². The standard InChI is InChI=1S/C28H29F2N3O3/c1-15-20-14-25-21(13-24(20)32-31-15)26(16-2-4-18(5-3-16)28(34)35)27(17-8-10-36-11-9-17)33(25)19-6-7-22(29)23(30)12-19/h6-7,12-14,16-18H,2-5,8-11H2,1H3,(H,31,32)(H,34,35). The zero-order chi connectivity index (χ0) is 25.0. The molecule has 3 heterocycles. The number of benzene rings is 2. The number of carboxylic acid groups (broad SMARTS) is 1. The molecule has 6 rings (SSSR count). The van der Waals surface area contributed by atoms with Gasteiger partial charge in [-0.25, -0.2) is 8.78 Å². The van der Waals surface area contributed by atoms with Gasteiger partial charge >= 0.3 is 5.97 Å². The number of aliphatic carboxylic acids is 1. The van der Waals surface area contributed by atoms with Gasteiger partial charge in [0.1, 0.15) is 0 Å². The van der Waals surface area contributed by atoms with Crippen LogP contribution < -0.4 is 0 Å². The summed E-state index contributed by atoms with van der Waals surface area (Å²) in [6, 6.07) is 8.32. The molecular weight excluding hydrogens is 464 g/mol. The molecule has 0 bridgehead atoms. The van der Waals surface area contributed by atoms with E-state index in [1.165, 1.54) is 17.7 Å². The number of fused-ring (bicyclic) bond motifs is 2. The first-order valence-electron chi connectivity index (χ1n) is 12.7. The molecule has 0 spiro atoms. The van der Waals surface area contributed by atoms with Crippen LogP contribution in [-0.4, -0.2) is 39.1 Å². The van der Waals surface area contributed by atoms with E-state index in [4.69, 9.17) is 4.74 Å². The molecule has 0 atom stereocenters. The second kappa shape index (κ2) is 9.00. The fraction of sp³-hybridized carbons (Fsp3) is 0.429. The second-order valence-corrected chi connectivity index (χ2v) is 10.2. The Labute approximate surface area is 207 Å². The molecule has 36 heavy (non-hydrogen) atoms. The first kappa shape index (κ1) is 23.2. The number of hydrogen-bond acceptors (Lipinski definition) is 3. The maximum atomic E-state index is 14.5. The fourth-order valence-electron chi connectivity index (χ4n) is 6.31. The molecular formula is C28H29F2N3O3. The van der Waals surface area contributed by atoms with Crippen LogP contribution in [0.2, 0.25) is 0 Å². The minimum absolute atomic E-state index is 0.189. The number of aromatic amines is 1. The normalized spacial score (nSPS) is 21.4. The van der Waals surface area contributed by atoms with E-state index >= 15 is 0 Å². The van der Waals surface area contributed by atoms with Gasteiger partial charge in [-0.1, -0.05) is 0 Å². The Kier molecular flexibility index (Phi) is 5.79. The molecule has 0 radical (unpaired) electrons. The molecule has 1 saturated heterocycles. The Hall–Kier alpha value is -3.26. The molecule has 6 nitrogen and oxygen atoms in total. The van der Waals surface area contributed by atoms with Gasteiger partial charge in [0.25, 0.3) is 0 Å². The molecule has 0 unspecified atom stereocenters. The third kappa shape index (κ3) is 3.79. The van der Waals surface area contributed by atoms with E-state index < -0.39 is 17.6 Å². The number of nitrogens with one attached hydrogen (secondary N) is 1. The SMILES string of the molecule is Cc1n[nH]c2cc3c(C4CCC(C(=O)O)CC4)c(C4CCOCC4)n(-c4ccc(F)c(F)c4)c3cc12. The van der Waals surface area contributed by atoms with E-state index in [0.717, 1.165) is 58.9 Å². The van der Waals surface area contributed by atoms with Gasteiger partial charge < -0.3 is 14.4 Å². The molecule has 1 aliphatic carbocycles. The minimum Gasteiger partial charge on any atom is -0.481 e. The summed E-state index contributed by atoms with van der Waals surface area (Å²) in [5.74, 6) is -2.40. The summed E-state index contributed by atoms with van der Waals surface area (Å²) < 4.78 is 36.2. The van der Waals surface area contributed by atoms with Crippen molar-refractivity contribution >= 4 is 27.8 Å². The van der Waals surface area contributed by atoms with Crippen LogP contribution in [0.25, 0.3) is 27.5 Å². The Balaban J connectivity index is 1.64. The summed E-state index contributed by atoms with van der Waals surface area (Å²) in [6.45, 7) is 3.25. The van der Waals surface area contributed by atoms with E-state index in [0.29, 0.717) is 31.7 Å². The van der Waals surface area contributed by atoms with Crippen molar-refractivity contribution in [1.82, 2.24) is 14.8 Å². The molecule has 1 saturated carbocycles. The smallest absolute Gasteiger partial charge is 0.306 e. The highest BCUT2D eigenvalue weighted by Crippen LogP contribution is 2.47. The largest absolute Gasteiger partial charge is 0.481 e. The fourth-order valence-corrected chi connectivity index (χ4v) is 6.31. The first-order chi connectivity index (χ1) is 17.4. The van der Waals surface area contributed by atoms with Gasteiger partial charge in [-0.05, 0) is 81.2 Å². The van der Waals surface area contributed by atoms with Gasteiger partial charge in [-0.2, -0.15) is 5.10 Å². The lowest BCUT2D eigenvalue weighted by atomic mass is 9.76. The highest BCUT2D eigenvalue weighted by Gasteiger charge is 2.34. The van der Waals surface area contributed by atoms with Gasteiger partial charge in [0.2, 0.25) is 0 Å². The quantitative estimate of drug-likeness (QED) is 0.347. The highest BCUT2D eigenvalue weighted by molar-refractivity contribution is 6.00. The van der Waals surface area contributed by atoms with Gasteiger partial charge in [-0.3, -0.25) is 9.89 Å². The number of aromatic nitrogens is 3. The summed E-state index contributed by atoms with van der Waals surface area (Å²) in [4.78, 5) is 11.6. The van der Waals surface area contributed by atoms with Crippen molar-refractivity contribution in [1.29, 1.82) is 0 Å². The lowest BCUT2D eigenvalue weighted by molar-refractivity contribution is -0.142. The molecule has 188 valence electrons. The molecule has 4 aromatic rings. The lowest BCUT2D eigenvalue weighted by Crippen LogP contribution is -2.23. The molecule has 2 N–H and O–H groups in total. The van der Waals surface area contributed by atoms with E-state index in [-0.39, 0.29) is 17.8 Å².